The average Bonchev–Trinajstić information content (AvgIpc) is 2.48. The summed E-state index contributed by atoms with van der Waals surface area (Å²) in [7, 11) is 0. The number of rotatable bonds is 3. The lowest BCUT2D eigenvalue weighted by Crippen LogP contribution is -2.45. The van der Waals surface area contributed by atoms with Gasteiger partial charge in [-0.05, 0) is 49.8 Å². The molecule has 0 heterocycles. The highest BCUT2D eigenvalue weighted by molar-refractivity contribution is 5.94. The minimum absolute atomic E-state index is 0.242. The largest absolute Gasteiger partial charge is 0.388 e. The van der Waals surface area contributed by atoms with Gasteiger partial charge in [-0.25, -0.2) is 0 Å². The summed E-state index contributed by atoms with van der Waals surface area (Å²) in [4.78, 5) is 12.0. The fourth-order valence-electron chi connectivity index (χ4n) is 2.55. The van der Waals surface area contributed by atoms with Crippen LogP contribution in [0.5, 0.6) is 0 Å². The Morgan fingerprint density at radius 1 is 1.50 bits per heavy atom. The molecule has 0 radical (unpaired) electrons. The van der Waals surface area contributed by atoms with Crippen molar-refractivity contribution in [3.63, 3.8) is 0 Å². The maximum Gasteiger partial charge on any atom is 0.251 e. The van der Waals surface area contributed by atoms with Gasteiger partial charge in [0.1, 0.15) is 0 Å². The highest BCUT2D eigenvalue weighted by Gasteiger charge is 2.32. The van der Waals surface area contributed by atoms with Crippen LogP contribution in [0.15, 0.2) is 24.3 Å². The number of nitrogens with zero attached hydrogens (tertiary/aromatic N) is 1. The molecule has 0 saturated heterocycles. The van der Waals surface area contributed by atoms with E-state index in [-0.39, 0.29) is 12.5 Å². The van der Waals surface area contributed by atoms with Gasteiger partial charge in [0.25, 0.3) is 5.91 Å². The molecule has 0 spiro atoms. The Bertz CT molecular complexity index is 526. The zero-order valence-corrected chi connectivity index (χ0v) is 11.7. The number of aliphatic hydroxyl groups is 1. The number of hydrogen-bond acceptors (Lipinski definition) is 3. The molecule has 0 bridgehead atoms. The molecule has 0 aliphatic heterocycles. The molecule has 1 aromatic rings. The second-order valence-electron chi connectivity index (χ2n) is 5.78. The maximum atomic E-state index is 12.0. The molecule has 0 atom stereocenters. The molecule has 4 heteroatoms. The van der Waals surface area contributed by atoms with Crippen LogP contribution in [0.2, 0.25) is 0 Å². The van der Waals surface area contributed by atoms with Crippen LogP contribution in [0.1, 0.15) is 48.5 Å². The Balaban J connectivity index is 1.93. The fourth-order valence-corrected chi connectivity index (χ4v) is 2.55. The van der Waals surface area contributed by atoms with Gasteiger partial charge in [-0.1, -0.05) is 13.0 Å². The molecule has 1 saturated carbocycles. The minimum Gasteiger partial charge on any atom is -0.388 e. The van der Waals surface area contributed by atoms with Crippen molar-refractivity contribution in [1.82, 2.24) is 5.32 Å². The number of nitrogens with one attached hydrogen (secondary N) is 1. The van der Waals surface area contributed by atoms with E-state index < -0.39 is 5.60 Å². The molecule has 20 heavy (non-hydrogen) atoms. The fraction of sp³-hybridized carbons (Fsp3) is 0.500. The summed E-state index contributed by atoms with van der Waals surface area (Å²) in [5.74, 6) is 0.410. The second kappa shape index (κ2) is 6.06. The van der Waals surface area contributed by atoms with E-state index >= 15 is 0 Å². The number of amides is 1. The standard InChI is InChI=1S/C16H20N2O2/c1-12-5-7-16(20,8-6-12)11-18-15(19)14-4-2-3-13(9-14)10-17/h2-4,9,12,20H,5-8,11H2,1H3,(H,18,19). The van der Waals surface area contributed by atoms with Crippen molar-refractivity contribution >= 4 is 5.91 Å². The molecule has 4 nitrogen and oxygen atoms in total. The molecule has 1 aromatic carbocycles. The third kappa shape index (κ3) is 3.58. The van der Waals surface area contributed by atoms with E-state index in [1.807, 2.05) is 6.07 Å². The van der Waals surface area contributed by atoms with Gasteiger partial charge < -0.3 is 10.4 Å². The number of carbonyl (C=O) groups excluding carboxylic acids is 1. The van der Waals surface area contributed by atoms with Gasteiger partial charge in [0.15, 0.2) is 0 Å². The van der Waals surface area contributed by atoms with E-state index in [0.717, 1.165) is 25.7 Å². The van der Waals surface area contributed by atoms with Crippen LogP contribution in [0, 0.1) is 17.2 Å². The molecular weight excluding hydrogens is 252 g/mol. The lowest BCUT2D eigenvalue weighted by Gasteiger charge is -2.34. The van der Waals surface area contributed by atoms with Crippen LogP contribution in [0.3, 0.4) is 0 Å². The molecular formula is C16H20N2O2. The third-order valence-corrected chi connectivity index (χ3v) is 4.04. The Morgan fingerprint density at radius 3 is 2.85 bits per heavy atom. The summed E-state index contributed by atoms with van der Waals surface area (Å²) in [6.07, 6.45) is 3.45. The van der Waals surface area contributed by atoms with Gasteiger partial charge in [-0.3, -0.25) is 4.79 Å². The van der Waals surface area contributed by atoms with Crippen molar-refractivity contribution in [3.8, 4) is 6.07 Å². The average molecular weight is 272 g/mol. The third-order valence-electron chi connectivity index (χ3n) is 4.04. The van der Waals surface area contributed by atoms with Crippen molar-refractivity contribution in [2.45, 2.75) is 38.2 Å². The van der Waals surface area contributed by atoms with Crippen molar-refractivity contribution < 1.29 is 9.90 Å². The van der Waals surface area contributed by atoms with Gasteiger partial charge >= 0.3 is 0 Å². The zero-order chi connectivity index (χ0) is 14.6. The molecule has 106 valence electrons. The molecule has 2 N–H and O–H groups in total. The molecule has 1 amide bonds. The first-order valence-electron chi connectivity index (χ1n) is 7.03. The normalized spacial score (nSPS) is 25.8. The minimum atomic E-state index is -0.783. The van der Waals surface area contributed by atoms with Crippen molar-refractivity contribution in [2.24, 2.45) is 5.92 Å². The number of nitriles is 1. The summed E-state index contributed by atoms with van der Waals surface area (Å²) in [6, 6.07) is 8.58. The molecule has 0 aromatic heterocycles. The number of carbonyl (C=O) groups is 1. The first-order chi connectivity index (χ1) is 9.52. The SMILES string of the molecule is CC1CCC(O)(CNC(=O)c2cccc(C#N)c2)CC1. The Labute approximate surface area is 119 Å². The van der Waals surface area contributed by atoms with E-state index in [0.29, 0.717) is 17.0 Å². The smallest absolute Gasteiger partial charge is 0.251 e. The molecule has 0 unspecified atom stereocenters. The lowest BCUT2D eigenvalue weighted by molar-refractivity contribution is -0.00539. The predicted octanol–water partition coefficient (Wildman–Crippen LogP) is 2.23. The van der Waals surface area contributed by atoms with Crippen molar-refractivity contribution in [1.29, 1.82) is 5.26 Å². The first-order valence-corrected chi connectivity index (χ1v) is 7.03. The number of hydrogen-bond donors (Lipinski definition) is 2. The predicted molar refractivity (Wildman–Crippen MR) is 76.1 cm³/mol. The van der Waals surface area contributed by atoms with E-state index in [4.69, 9.17) is 5.26 Å². The molecule has 1 fully saturated rings. The van der Waals surface area contributed by atoms with Gasteiger partial charge in [-0.15, -0.1) is 0 Å². The van der Waals surface area contributed by atoms with Gasteiger partial charge in [0, 0.05) is 12.1 Å². The highest BCUT2D eigenvalue weighted by atomic mass is 16.3. The van der Waals surface area contributed by atoms with Crippen LogP contribution < -0.4 is 5.32 Å². The van der Waals surface area contributed by atoms with Gasteiger partial charge in [0.05, 0.1) is 17.2 Å². The van der Waals surface area contributed by atoms with Crippen molar-refractivity contribution in [3.05, 3.63) is 35.4 Å². The van der Waals surface area contributed by atoms with Crippen LogP contribution >= 0.6 is 0 Å². The Morgan fingerprint density at radius 2 is 2.20 bits per heavy atom. The summed E-state index contributed by atoms with van der Waals surface area (Å²) in [5, 5.41) is 22.0. The Hall–Kier alpha value is -1.86. The second-order valence-corrected chi connectivity index (χ2v) is 5.78. The van der Waals surface area contributed by atoms with E-state index in [2.05, 4.69) is 12.2 Å². The quantitative estimate of drug-likeness (QED) is 0.886. The summed E-state index contributed by atoms with van der Waals surface area (Å²) >= 11 is 0. The van der Waals surface area contributed by atoms with E-state index in [1.165, 1.54) is 0 Å². The monoisotopic (exact) mass is 272 g/mol. The van der Waals surface area contributed by atoms with E-state index in [9.17, 15) is 9.90 Å². The topological polar surface area (TPSA) is 73.1 Å². The van der Waals surface area contributed by atoms with E-state index in [1.54, 1.807) is 24.3 Å². The van der Waals surface area contributed by atoms with Crippen LogP contribution in [-0.4, -0.2) is 23.2 Å². The maximum absolute atomic E-state index is 12.0. The van der Waals surface area contributed by atoms with Gasteiger partial charge in [0.2, 0.25) is 0 Å². The highest BCUT2D eigenvalue weighted by Crippen LogP contribution is 2.31. The Kier molecular flexibility index (Phi) is 4.41. The summed E-state index contributed by atoms with van der Waals surface area (Å²) < 4.78 is 0. The molecule has 1 aliphatic rings. The van der Waals surface area contributed by atoms with Gasteiger partial charge in [-0.2, -0.15) is 5.26 Å². The van der Waals surface area contributed by atoms with Crippen molar-refractivity contribution in [2.75, 3.05) is 6.54 Å². The summed E-state index contributed by atoms with van der Waals surface area (Å²) in [6.45, 7) is 2.46. The summed E-state index contributed by atoms with van der Waals surface area (Å²) in [5.41, 5.74) is 0.134. The van der Waals surface area contributed by atoms with Crippen LogP contribution in [0.25, 0.3) is 0 Å². The lowest BCUT2D eigenvalue weighted by atomic mass is 9.79. The number of benzene rings is 1. The molecule has 2 rings (SSSR count). The zero-order valence-electron chi connectivity index (χ0n) is 11.7. The first kappa shape index (κ1) is 14.5. The van der Waals surface area contributed by atoms with Crippen LogP contribution in [0.4, 0.5) is 0 Å². The van der Waals surface area contributed by atoms with Crippen LogP contribution in [-0.2, 0) is 0 Å². The molecule has 1 aliphatic carbocycles.